The van der Waals surface area contributed by atoms with Gasteiger partial charge in [-0.25, -0.2) is 4.98 Å². The number of piperidine rings is 1. The molecule has 0 N–H and O–H groups in total. The molecule has 1 aliphatic rings. The van der Waals surface area contributed by atoms with Crippen molar-refractivity contribution in [1.82, 2.24) is 24.5 Å². The highest BCUT2D eigenvalue weighted by Gasteiger charge is 2.31. The maximum Gasteiger partial charge on any atom is 0.247 e. The molecule has 0 unspecified atom stereocenters. The quantitative estimate of drug-likeness (QED) is 0.390. The molecule has 9 heteroatoms. The topological polar surface area (TPSA) is 96.8 Å². The average Bonchev–Trinajstić information content (AvgIpc) is 3.58. The van der Waals surface area contributed by atoms with Crippen molar-refractivity contribution in [3.8, 4) is 11.5 Å². The number of carbonyl (C=O) groups is 2. The lowest BCUT2D eigenvalue weighted by atomic mass is 9.94. The highest BCUT2D eigenvalue weighted by Crippen LogP contribution is 2.26. The van der Waals surface area contributed by atoms with Crippen LogP contribution in [-0.4, -0.2) is 49.4 Å². The Morgan fingerprint density at radius 1 is 1.08 bits per heavy atom. The second-order valence-electron chi connectivity index (χ2n) is 9.04. The van der Waals surface area contributed by atoms with Crippen LogP contribution in [0.2, 0.25) is 0 Å². The second kappa shape index (κ2) is 10.3. The van der Waals surface area contributed by atoms with Crippen LogP contribution in [0.25, 0.3) is 17.1 Å². The number of nitrogens with zero attached hydrogens (tertiary/aromatic N) is 6. The van der Waals surface area contributed by atoms with Crippen molar-refractivity contribution in [3.05, 3.63) is 66.4 Å². The summed E-state index contributed by atoms with van der Waals surface area (Å²) in [5, 5.41) is 8.17. The van der Waals surface area contributed by atoms with Crippen LogP contribution in [0.5, 0.6) is 0 Å². The van der Waals surface area contributed by atoms with Crippen LogP contribution in [0.1, 0.15) is 44.7 Å². The van der Waals surface area contributed by atoms with Crippen molar-refractivity contribution in [2.45, 2.75) is 46.1 Å². The van der Waals surface area contributed by atoms with Gasteiger partial charge in [0.05, 0.1) is 12.2 Å². The van der Waals surface area contributed by atoms with Crippen molar-refractivity contribution in [2.24, 2.45) is 5.92 Å². The highest BCUT2D eigenvalue weighted by atomic mass is 16.4. The van der Waals surface area contributed by atoms with Gasteiger partial charge in [-0.15, -0.1) is 10.2 Å². The van der Waals surface area contributed by atoms with E-state index in [1.807, 2.05) is 82.9 Å². The molecule has 0 atom stereocenters. The molecule has 4 aromatic rings. The molecule has 1 fully saturated rings. The molecule has 1 aliphatic heterocycles. The number of aryl methyl sites for hydroxylation is 1. The molecule has 1 aromatic carbocycles. The SMILES string of the molecule is CCC(=O)N1CCC(C(=O)N(Cc2cn3ccc(-c4nnc(CC)o4)cc3n2)c2ccccc2)CC1. The van der Waals surface area contributed by atoms with E-state index in [9.17, 15) is 9.59 Å². The number of carbonyl (C=O) groups excluding carboxylic acids is 2. The van der Waals surface area contributed by atoms with Crippen molar-refractivity contribution < 1.29 is 14.0 Å². The molecule has 4 heterocycles. The van der Waals surface area contributed by atoms with E-state index in [1.165, 1.54) is 0 Å². The summed E-state index contributed by atoms with van der Waals surface area (Å²) in [6.07, 6.45) is 6.37. The summed E-state index contributed by atoms with van der Waals surface area (Å²) < 4.78 is 7.62. The first-order valence-corrected chi connectivity index (χ1v) is 12.5. The van der Waals surface area contributed by atoms with Gasteiger partial charge in [-0.1, -0.05) is 32.0 Å². The van der Waals surface area contributed by atoms with E-state index in [0.717, 1.165) is 22.6 Å². The molecule has 0 saturated carbocycles. The zero-order valence-corrected chi connectivity index (χ0v) is 20.6. The number of para-hydroxylation sites is 1. The van der Waals surface area contributed by atoms with Gasteiger partial charge in [-0.3, -0.25) is 9.59 Å². The lowest BCUT2D eigenvalue weighted by Gasteiger charge is -2.34. The zero-order chi connectivity index (χ0) is 25.1. The molecular weight excluding hydrogens is 456 g/mol. The summed E-state index contributed by atoms with van der Waals surface area (Å²) >= 11 is 0. The van der Waals surface area contributed by atoms with Gasteiger partial charge in [0.2, 0.25) is 23.6 Å². The van der Waals surface area contributed by atoms with E-state index in [-0.39, 0.29) is 17.7 Å². The van der Waals surface area contributed by atoms with Crippen molar-refractivity contribution in [1.29, 1.82) is 0 Å². The van der Waals surface area contributed by atoms with Gasteiger partial charge in [-0.2, -0.15) is 0 Å². The summed E-state index contributed by atoms with van der Waals surface area (Å²) in [6.45, 7) is 5.44. The van der Waals surface area contributed by atoms with Crippen LogP contribution in [0, 0.1) is 5.92 Å². The highest BCUT2D eigenvalue weighted by molar-refractivity contribution is 5.95. The molecule has 0 radical (unpaired) electrons. The van der Waals surface area contributed by atoms with Gasteiger partial charge < -0.3 is 18.6 Å². The van der Waals surface area contributed by atoms with Crippen LogP contribution in [0.3, 0.4) is 0 Å². The van der Waals surface area contributed by atoms with Gasteiger partial charge in [0.1, 0.15) is 5.65 Å². The van der Waals surface area contributed by atoms with Crippen LogP contribution < -0.4 is 4.90 Å². The van der Waals surface area contributed by atoms with Gasteiger partial charge >= 0.3 is 0 Å². The number of aromatic nitrogens is 4. The number of likely N-dealkylation sites (tertiary alicyclic amines) is 1. The Bertz CT molecular complexity index is 1350. The molecule has 5 rings (SSSR count). The Morgan fingerprint density at radius 2 is 1.86 bits per heavy atom. The smallest absolute Gasteiger partial charge is 0.247 e. The number of fused-ring (bicyclic) bond motifs is 1. The number of hydrogen-bond acceptors (Lipinski definition) is 6. The molecule has 2 amide bonds. The van der Waals surface area contributed by atoms with Crippen LogP contribution in [0.4, 0.5) is 5.69 Å². The summed E-state index contributed by atoms with van der Waals surface area (Å²) in [6, 6.07) is 13.5. The van der Waals surface area contributed by atoms with Gasteiger partial charge in [0.15, 0.2) is 0 Å². The van der Waals surface area contributed by atoms with Gasteiger partial charge in [-0.05, 0) is 37.1 Å². The first kappa shape index (κ1) is 23.7. The number of anilines is 1. The maximum absolute atomic E-state index is 13.7. The normalized spacial score (nSPS) is 14.3. The molecule has 1 saturated heterocycles. The maximum atomic E-state index is 13.7. The molecule has 0 aliphatic carbocycles. The van der Waals surface area contributed by atoms with E-state index in [1.54, 1.807) is 0 Å². The fourth-order valence-electron chi connectivity index (χ4n) is 4.64. The van der Waals surface area contributed by atoms with Crippen LogP contribution in [-0.2, 0) is 22.6 Å². The summed E-state index contributed by atoms with van der Waals surface area (Å²) in [7, 11) is 0. The standard InChI is InChI=1S/C27H30N6O3/c1-3-24-29-30-26(36-24)20-12-15-32-17-21(28-23(32)16-20)18-33(22-8-6-5-7-9-22)27(35)19-10-13-31(14-11-19)25(34)4-2/h5-9,12,15-17,19H,3-4,10-11,13-14,18H2,1-2H3. The Hall–Kier alpha value is -4.01. The van der Waals surface area contributed by atoms with Gasteiger partial charge in [0, 0.05) is 55.5 Å². The Kier molecular flexibility index (Phi) is 6.79. The van der Waals surface area contributed by atoms with Crippen LogP contribution in [0.15, 0.2) is 59.3 Å². The number of hydrogen-bond donors (Lipinski definition) is 0. The Morgan fingerprint density at radius 3 is 2.56 bits per heavy atom. The molecule has 0 bridgehead atoms. The largest absolute Gasteiger partial charge is 0.421 e. The van der Waals surface area contributed by atoms with Crippen molar-refractivity contribution in [3.63, 3.8) is 0 Å². The third-order valence-corrected chi connectivity index (χ3v) is 6.68. The number of rotatable bonds is 7. The fourth-order valence-corrected chi connectivity index (χ4v) is 4.64. The third kappa shape index (κ3) is 4.86. The van der Waals surface area contributed by atoms with Crippen molar-refractivity contribution >= 4 is 23.1 Å². The van der Waals surface area contributed by atoms with E-state index >= 15 is 0 Å². The van der Waals surface area contributed by atoms with Crippen molar-refractivity contribution in [2.75, 3.05) is 18.0 Å². The number of amides is 2. The second-order valence-corrected chi connectivity index (χ2v) is 9.04. The summed E-state index contributed by atoms with van der Waals surface area (Å²) in [4.78, 5) is 34.2. The number of benzene rings is 1. The molecule has 9 nitrogen and oxygen atoms in total. The lowest BCUT2D eigenvalue weighted by Crippen LogP contribution is -2.44. The molecule has 186 valence electrons. The monoisotopic (exact) mass is 486 g/mol. The number of pyridine rings is 1. The zero-order valence-electron chi connectivity index (χ0n) is 20.6. The molecule has 0 spiro atoms. The van der Waals surface area contributed by atoms with Crippen LogP contribution >= 0.6 is 0 Å². The predicted octanol–water partition coefficient (Wildman–Crippen LogP) is 4.13. The van der Waals surface area contributed by atoms with E-state index in [2.05, 4.69) is 10.2 Å². The first-order valence-electron chi connectivity index (χ1n) is 12.5. The van der Waals surface area contributed by atoms with Gasteiger partial charge in [0.25, 0.3) is 0 Å². The molecule has 36 heavy (non-hydrogen) atoms. The Labute approximate surface area is 209 Å². The number of imidazole rings is 1. The Balaban J connectivity index is 1.38. The summed E-state index contributed by atoms with van der Waals surface area (Å²) in [5.74, 6) is 1.15. The first-order chi connectivity index (χ1) is 17.6. The minimum absolute atomic E-state index is 0.0699. The van der Waals surface area contributed by atoms with E-state index in [0.29, 0.717) is 57.1 Å². The predicted molar refractivity (Wildman–Crippen MR) is 135 cm³/mol. The van der Waals surface area contributed by atoms with E-state index < -0.39 is 0 Å². The average molecular weight is 487 g/mol. The van der Waals surface area contributed by atoms with E-state index in [4.69, 9.17) is 9.40 Å². The third-order valence-electron chi connectivity index (χ3n) is 6.68. The lowest BCUT2D eigenvalue weighted by molar-refractivity contribution is -0.134. The minimum Gasteiger partial charge on any atom is -0.421 e. The fraction of sp³-hybridized carbons (Fsp3) is 0.370. The molecule has 3 aromatic heterocycles. The summed E-state index contributed by atoms with van der Waals surface area (Å²) in [5.41, 5.74) is 3.16. The minimum atomic E-state index is -0.125. The molecular formula is C27H30N6O3.